The van der Waals surface area contributed by atoms with Gasteiger partial charge in [-0.3, -0.25) is 0 Å². The van der Waals surface area contributed by atoms with Crippen molar-refractivity contribution in [2.75, 3.05) is 0 Å². The lowest BCUT2D eigenvalue weighted by Crippen LogP contribution is -2.07. The van der Waals surface area contributed by atoms with Crippen molar-refractivity contribution in [1.82, 2.24) is 4.98 Å². The van der Waals surface area contributed by atoms with Crippen LogP contribution in [0.5, 0.6) is 0 Å². The fraction of sp³-hybridized carbons (Fsp3) is 0.571. The molecule has 1 aromatic rings. The van der Waals surface area contributed by atoms with E-state index in [1.165, 1.54) is 4.88 Å². The van der Waals surface area contributed by atoms with Crippen molar-refractivity contribution in [3.05, 3.63) is 14.1 Å². The van der Waals surface area contributed by atoms with E-state index in [0.717, 1.165) is 3.01 Å². The van der Waals surface area contributed by atoms with Crippen LogP contribution in [-0.2, 0) is 5.41 Å². The fourth-order valence-electron chi connectivity index (χ4n) is 0.600. The number of hydrogen-bond acceptors (Lipinski definition) is 2. The Balaban J connectivity index is 2.96. The third kappa shape index (κ3) is 1.92. The average molecular weight is 267 g/mol. The smallest absolute Gasteiger partial charge is 0.154 e. The van der Waals surface area contributed by atoms with Crippen LogP contribution in [0.3, 0.4) is 0 Å². The van der Waals surface area contributed by atoms with E-state index in [1.54, 1.807) is 11.3 Å². The van der Waals surface area contributed by atoms with E-state index in [9.17, 15) is 0 Å². The summed E-state index contributed by atoms with van der Waals surface area (Å²) < 4.78 is 1.13. The van der Waals surface area contributed by atoms with Gasteiger partial charge in [0.05, 0.1) is 0 Å². The maximum Gasteiger partial charge on any atom is 0.154 e. The van der Waals surface area contributed by atoms with Crippen LogP contribution < -0.4 is 0 Å². The highest BCUT2D eigenvalue weighted by Crippen LogP contribution is 2.27. The van der Waals surface area contributed by atoms with Crippen molar-refractivity contribution in [2.45, 2.75) is 26.2 Å². The monoisotopic (exact) mass is 267 g/mol. The quantitative estimate of drug-likeness (QED) is 0.658. The second-order valence-corrected chi connectivity index (χ2v) is 6.01. The Hall–Kier alpha value is 0.360. The van der Waals surface area contributed by atoms with Gasteiger partial charge in [-0.2, -0.15) is 0 Å². The molecule has 0 N–H and O–H groups in total. The minimum Gasteiger partial charge on any atom is -0.238 e. The van der Waals surface area contributed by atoms with Gasteiger partial charge in [-0.05, 0) is 28.0 Å². The first-order valence-electron chi connectivity index (χ1n) is 3.12. The number of rotatable bonds is 0. The largest absolute Gasteiger partial charge is 0.238 e. The molecule has 1 nitrogen and oxygen atoms in total. The van der Waals surface area contributed by atoms with Crippen molar-refractivity contribution in [2.24, 2.45) is 0 Å². The lowest BCUT2D eigenvalue weighted by molar-refractivity contribution is 0.602. The van der Waals surface area contributed by atoms with Crippen molar-refractivity contribution < 1.29 is 0 Å². The zero-order valence-corrected chi connectivity index (χ0v) is 9.28. The summed E-state index contributed by atoms with van der Waals surface area (Å²) in [5, 5.41) is 0. The summed E-state index contributed by atoms with van der Waals surface area (Å²) in [4.78, 5) is 5.55. The normalized spacial score (nSPS) is 12.0. The van der Waals surface area contributed by atoms with Crippen LogP contribution >= 0.6 is 33.9 Å². The summed E-state index contributed by atoms with van der Waals surface area (Å²) in [6, 6.07) is 0. The zero-order chi connectivity index (χ0) is 7.78. The standard InChI is InChI=1S/C7H10INS/c1-7(2,3)5-4-9-6(8)10-5/h4H,1-3H3. The molecule has 0 spiro atoms. The van der Waals surface area contributed by atoms with E-state index in [2.05, 4.69) is 48.3 Å². The Morgan fingerprint density at radius 3 is 2.30 bits per heavy atom. The number of hydrogen-bond donors (Lipinski definition) is 0. The molecule has 0 aliphatic rings. The predicted molar refractivity (Wildman–Crippen MR) is 53.5 cm³/mol. The van der Waals surface area contributed by atoms with E-state index in [1.807, 2.05) is 6.20 Å². The molecular weight excluding hydrogens is 257 g/mol. The van der Waals surface area contributed by atoms with E-state index in [4.69, 9.17) is 0 Å². The molecule has 56 valence electrons. The molecule has 0 unspecified atom stereocenters. The topological polar surface area (TPSA) is 12.9 Å². The fourth-order valence-corrected chi connectivity index (χ4v) is 2.15. The Labute approximate surface area is 79.0 Å². The molecule has 0 aliphatic heterocycles. The first-order valence-corrected chi connectivity index (χ1v) is 5.01. The molecule has 0 saturated heterocycles. The van der Waals surface area contributed by atoms with E-state index in [0.29, 0.717) is 0 Å². The third-order valence-electron chi connectivity index (χ3n) is 1.22. The molecular formula is C7H10INS. The summed E-state index contributed by atoms with van der Waals surface area (Å²) >= 11 is 4.02. The molecule has 10 heavy (non-hydrogen) atoms. The maximum absolute atomic E-state index is 4.19. The summed E-state index contributed by atoms with van der Waals surface area (Å²) in [6.07, 6.45) is 1.96. The maximum atomic E-state index is 4.19. The van der Waals surface area contributed by atoms with Gasteiger partial charge in [-0.1, -0.05) is 20.8 Å². The van der Waals surface area contributed by atoms with Crippen LogP contribution in [0.4, 0.5) is 0 Å². The van der Waals surface area contributed by atoms with Crippen molar-refractivity contribution in [3.8, 4) is 0 Å². The van der Waals surface area contributed by atoms with Crippen LogP contribution in [-0.4, -0.2) is 4.98 Å². The highest BCUT2D eigenvalue weighted by molar-refractivity contribution is 14.1. The molecule has 0 aliphatic carbocycles. The van der Waals surface area contributed by atoms with Gasteiger partial charge in [-0.25, -0.2) is 4.98 Å². The third-order valence-corrected chi connectivity index (χ3v) is 3.37. The highest BCUT2D eigenvalue weighted by Gasteiger charge is 2.15. The SMILES string of the molecule is CC(C)(C)c1cnc(I)s1. The van der Waals surface area contributed by atoms with Crippen LogP contribution in [0.25, 0.3) is 0 Å². The minimum absolute atomic E-state index is 0.265. The number of nitrogens with zero attached hydrogens (tertiary/aromatic N) is 1. The van der Waals surface area contributed by atoms with Gasteiger partial charge < -0.3 is 0 Å². The zero-order valence-electron chi connectivity index (χ0n) is 6.31. The van der Waals surface area contributed by atoms with Gasteiger partial charge in [0.25, 0.3) is 0 Å². The van der Waals surface area contributed by atoms with Gasteiger partial charge in [0.1, 0.15) is 0 Å². The van der Waals surface area contributed by atoms with E-state index >= 15 is 0 Å². The van der Waals surface area contributed by atoms with Crippen LogP contribution in [0.1, 0.15) is 25.6 Å². The first-order chi connectivity index (χ1) is 4.50. The Morgan fingerprint density at radius 1 is 1.50 bits per heavy atom. The van der Waals surface area contributed by atoms with Crippen LogP contribution in [0, 0.1) is 3.01 Å². The highest BCUT2D eigenvalue weighted by atomic mass is 127. The molecule has 1 rings (SSSR count). The number of aromatic nitrogens is 1. The summed E-state index contributed by atoms with van der Waals surface area (Å²) in [5.41, 5.74) is 0.265. The molecule has 0 atom stereocenters. The molecule has 3 heteroatoms. The number of halogens is 1. The molecule has 0 aromatic carbocycles. The van der Waals surface area contributed by atoms with Gasteiger partial charge in [0, 0.05) is 11.1 Å². The van der Waals surface area contributed by atoms with E-state index < -0.39 is 0 Å². The average Bonchev–Trinajstić information content (AvgIpc) is 2.11. The van der Waals surface area contributed by atoms with Crippen molar-refractivity contribution >= 4 is 33.9 Å². The second kappa shape index (κ2) is 2.77. The molecule has 0 saturated carbocycles. The van der Waals surface area contributed by atoms with E-state index in [-0.39, 0.29) is 5.41 Å². The van der Waals surface area contributed by atoms with Gasteiger partial charge >= 0.3 is 0 Å². The molecule has 0 fully saturated rings. The lowest BCUT2D eigenvalue weighted by Gasteiger charge is -2.13. The summed E-state index contributed by atoms with van der Waals surface area (Å²) in [6.45, 7) is 6.61. The molecule has 0 amide bonds. The van der Waals surface area contributed by atoms with Crippen molar-refractivity contribution in [3.63, 3.8) is 0 Å². The number of thiazole rings is 1. The minimum atomic E-state index is 0.265. The van der Waals surface area contributed by atoms with Gasteiger partial charge in [0.2, 0.25) is 0 Å². The molecule has 1 heterocycles. The Bertz CT molecular complexity index is 224. The molecule has 1 aromatic heterocycles. The molecule has 0 bridgehead atoms. The Morgan fingerprint density at radius 2 is 2.10 bits per heavy atom. The first kappa shape index (κ1) is 8.46. The van der Waals surface area contributed by atoms with Gasteiger partial charge in [0.15, 0.2) is 3.01 Å². The summed E-state index contributed by atoms with van der Waals surface area (Å²) in [7, 11) is 0. The van der Waals surface area contributed by atoms with Crippen LogP contribution in [0.2, 0.25) is 0 Å². The summed E-state index contributed by atoms with van der Waals surface area (Å²) in [5.74, 6) is 0. The lowest BCUT2D eigenvalue weighted by atomic mass is 9.96. The predicted octanol–water partition coefficient (Wildman–Crippen LogP) is 3.05. The molecule has 0 radical (unpaired) electrons. The van der Waals surface area contributed by atoms with Crippen LogP contribution in [0.15, 0.2) is 6.20 Å². The Kier molecular flexibility index (Phi) is 2.34. The second-order valence-electron chi connectivity index (χ2n) is 3.23. The van der Waals surface area contributed by atoms with Crippen molar-refractivity contribution in [1.29, 1.82) is 0 Å². The van der Waals surface area contributed by atoms with Gasteiger partial charge in [-0.15, -0.1) is 11.3 Å².